The zero-order valence-electron chi connectivity index (χ0n) is 34.6. The number of thiophene rings is 1. The van der Waals surface area contributed by atoms with E-state index in [2.05, 4.69) is 57.0 Å². The van der Waals surface area contributed by atoms with Gasteiger partial charge in [0, 0.05) is 23.4 Å². The molecule has 2 fully saturated rings. The molecule has 2 aliphatic rings. The maximum Gasteiger partial charge on any atom is 0.407 e. The quantitative estimate of drug-likeness (QED) is 0.111. The first-order valence-corrected chi connectivity index (χ1v) is 21.8. The van der Waals surface area contributed by atoms with Crippen molar-refractivity contribution in [2.24, 2.45) is 0 Å². The van der Waals surface area contributed by atoms with Crippen LogP contribution in [0.1, 0.15) is 72.6 Å². The van der Waals surface area contributed by atoms with Gasteiger partial charge in [0.05, 0.1) is 47.6 Å². The summed E-state index contributed by atoms with van der Waals surface area (Å²) in [6, 6.07) is 32.9. The molecule has 0 aliphatic carbocycles. The largest absolute Gasteiger partial charge is 0.453 e. The summed E-state index contributed by atoms with van der Waals surface area (Å²) in [4.78, 5) is 74.9. The van der Waals surface area contributed by atoms with Crippen LogP contribution in [0.15, 0.2) is 109 Å². The molecule has 0 unspecified atom stereocenters. The monoisotopic (exact) mass is 860 g/mol. The molecule has 0 spiro atoms. The minimum Gasteiger partial charge on any atom is -0.453 e. The van der Waals surface area contributed by atoms with Gasteiger partial charge in [0.25, 0.3) is 11.8 Å². The van der Waals surface area contributed by atoms with Crippen LogP contribution in [-0.4, -0.2) is 81.0 Å². The number of amides is 4. The van der Waals surface area contributed by atoms with Gasteiger partial charge in [-0.15, -0.1) is 11.3 Å². The van der Waals surface area contributed by atoms with Crippen LogP contribution in [0.2, 0.25) is 0 Å². The smallest absolute Gasteiger partial charge is 0.407 e. The molecule has 0 radical (unpaired) electrons. The Morgan fingerprint density at radius 3 is 1.73 bits per heavy atom. The molecule has 2 aliphatic heterocycles. The van der Waals surface area contributed by atoms with Crippen molar-refractivity contribution in [2.45, 2.75) is 49.9 Å². The van der Waals surface area contributed by atoms with Gasteiger partial charge in [-0.25, -0.2) is 19.6 Å². The van der Waals surface area contributed by atoms with E-state index in [9.17, 15) is 19.2 Å². The lowest BCUT2D eigenvalue weighted by atomic mass is 10.0. The lowest BCUT2D eigenvalue weighted by molar-refractivity contribution is -0.135. The molecule has 14 nitrogen and oxygen atoms in total. The second kappa shape index (κ2) is 16.5. The van der Waals surface area contributed by atoms with E-state index in [1.54, 1.807) is 11.3 Å². The van der Waals surface area contributed by atoms with Gasteiger partial charge in [0.1, 0.15) is 29.2 Å². The fraction of sp³-hybridized carbons (Fsp3) is 0.250. The topological polar surface area (TPSA) is 175 Å². The number of imidazole rings is 2. The summed E-state index contributed by atoms with van der Waals surface area (Å²) in [6.45, 7) is 1.09. The van der Waals surface area contributed by atoms with Gasteiger partial charge in [-0.2, -0.15) is 0 Å². The van der Waals surface area contributed by atoms with E-state index in [4.69, 9.17) is 19.4 Å². The van der Waals surface area contributed by atoms with E-state index >= 15 is 0 Å². The summed E-state index contributed by atoms with van der Waals surface area (Å²) in [5.41, 5.74) is 5.89. The van der Waals surface area contributed by atoms with E-state index in [1.165, 1.54) is 14.2 Å². The van der Waals surface area contributed by atoms with E-state index < -0.39 is 24.3 Å². The lowest BCUT2D eigenvalue weighted by Gasteiger charge is -2.28. The van der Waals surface area contributed by atoms with Crippen LogP contribution in [0.3, 0.4) is 0 Å². The number of aromatic amines is 2. The number of fused-ring (bicyclic) bond motifs is 6. The maximum atomic E-state index is 14.1. The molecule has 0 saturated carbocycles. The van der Waals surface area contributed by atoms with Gasteiger partial charge >= 0.3 is 12.2 Å². The number of benzene rings is 5. The molecule has 2 saturated heterocycles. The zero-order valence-corrected chi connectivity index (χ0v) is 35.4. The molecule has 63 heavy (non-hydrogen) atoms. The Balaban J connectivity index is 0.920. The predicted octanol–water partition coefficient (Wildman–Crippen LogP) is 9.00. The number of aromatic nitrogens is 4. The number of alkyl carbamates (subject to hydrolysis) is 2. The highest BCUT2D eigenvalue weighted by molar-refractivity contribution is 7.23. The molecular weight excluding hydrogens is 817 g/mol. The van der Waals surface area contributed by atoms with Crippen LogP contribution in [-0.2, 0) is 19.1 Å². The number of H-pyrrole nitrogens is 2. The summed E-state index contributed by atoms with van der Waals surface area (Å²) >= 11 is 1.68. The third-order valence-corrected chi connectivity index (χ3v) is 13.5. The second-order valence-corrected chi connectivity index (χ2v) is 17.0. The summed E-state index contributed by atoms with van der Waals surface area (Å²) in [5, 5.41) is 8.58. The van der Waals surface area contributed by atoms with Crippen molar-refractivity contribution in [3.8, 4) is 10.4 Å². The Kier molecular flexibility index (Phi) is 10.5. The Morgan fingerprint density at radius 2 is 1.17 bits per heavy atom. The highest BCUT2D eigenvalue weighted by Crippen LogP contribution is 2.41. The number of nitrogens with zero attached hydrogens (tertiary/aromatic N) is 4. The standard InChI is InChI=1S/C48H44N8O6S/c1-61-47(59)53-38(27-11-5-3-6-12-27)45(57)55-23-9-15-35(55)43-49-33-21-18-29-25-30(17-20-32(29)40(33)51-43)37-26-31-19-22-34-41(42(31)63-37)52-44(50-34)36-16-10-24-56(36)46(58)39(54-48(60)62-2)28-13-7-4-8-14-28/h3-8,11-14,17-22,25-26,35-36,38-39H,9-10,15-16,23-24H2,1-2H3,(H,49,51)(H,50,52)(H,53,59)(H,54,60)/t35-,36-,38+,39+/m0/s1. The summed E-state index contributed by atoms with van der Waals surface area (Å²) in [6.07, 6.45) is 1.76. The number of likely N-dealkylation sites (tertiary alicyclic amines) is 2. The van der Waals surface area contributed by atoms with Crippen molar-refractivity contribution in [3.63, 3.8) is 0 Å². The van der Waals surface area contributed by atoms with Crippen LogP contribution in [0.25, 0.3) is 53.4 Å². The molecule has 0 bridgehead atoms. The first-order valence-electron chi connectivity index (χ1n) is 21.0. The SMILES string of the molecule is COC(=O)N[C@@H](C(=O)N1CCC[C@H]1c1nc2c(ccc3cc(-c4cc5ccc6[nH]c([C@@H]7CCCN7C(=O)[C@H](NC(=O)OC)c7ccccc7)nc6c5s4)ccc32)[nH]1)c1ccccc1. The van der Waals surface area contributed by atoms with E-state index in [-0.39, 0.29) is 23.9 Å². The van der Waals surface area contributed by atoms with Crippen molar-refractivity contribution in [3.05, 3.63) is 132 Å². The highest BCUT2D eigenvalue weighted by atomic mass is 32.1. The fourth-order valence-electron chi connectivity index (χ4n) is 9.20. The number of hydrogen-bond donors (Lipinski definition) is 4. The molecule has 5 aromatic carbocycles. The normalized spacial score (nSPS) is 17.4. The van der Waals surface area contributed by atoms with Crippen molar-refractivity contribution in [1.82, 2.24) is 40.4 Å². The van der Waals surface area contributed by atoms with E-state index in [0.29, 0.717) is 30.0 Å². The molecule has 4 atom stereocenters. The van der Waals surface area contributed by atoms with Gasteiger partial charge in [-0.05, 0) is 77.4 Å². The number of ether oxygens (including phenoxy) is 2. The molecule has 15 heteroatoms. The molecule has 8 aromatic rings. The average Bonchev–Trinajstić information content (AvgIpc) is 4.18. The number of rotatable bonds is 9. The van der Waals surface area contributed by atoms with Crippen LogP contribution >= 0.6 is 11.3 Å². The Bertz CT molecular complexity index is 3040. The molecule has 4 amide bonds. The van der Waals surface area contributed by atoms with Crippen LogP contribution in [0.5, 0.6) is 0 Å². The summed E-state index contributed by atoms with van der Waals surface area (Å²) in [7, 11) is 2.57. The van der Waals surface area contributed by atoms with Gasteiger partial charge in [0.2, 0.25) is 0 Å². The second-order valence-electron chi connectivity index (χ2n) is 16.0. The first-order chi connectivity index (χ1) is 30.8. The number of carbonyl (C=O) groups excluding carboxylic acids is 4. The minimum atomic E-state index is -0.896. The van der Waals surface area contributed by atoms with Crippen LogP contribution in [0.4, 0.5) is 9.59 Å². The Hall–Kier alpha value is -7.26. The van der Waals surface area contributed by atoms with Crippen molar-refractivity contribution >= 4 is 78.3 Å². The van der Waals surface area contributed by atoms with Gasteiger partial charge < -0.3 is 39.9 Å². The van der Waals surface area contributed by atoms with Gasteiger partial charge in [-0.1, -0.05) is 84.9 Å². The number of methoxy groups -OCH3 is 2. The van der Waals surface area contributed by atoms with Crippen LogP contribution in [0, 0.1) is 0 Å². The first kappa shape index (κ1) is 39.9. The molecule has 3 aromatic heterocycles. The molecular formula is C48H44N8O6S. The number of nitrogens with one attached hydrogen (secondary N) is 4. The number of carbonyl (C=O) groups is 4. The van der Waals surface area contributed by atoms with Crippen molar-refractivity contribution in [2.75, 3.05) is 27.3 Å². The lowest BCUT2D eigenvalue weighted by Crippen LogP contribution is -2.42. The van der Waals surface area contributed by atoms with Crippen molar-refractivity contribution < 1.29 is 28.7 Å². The molecule has 318 valence electrons. The highest BCUT2D eigenvalue weighted by Gasteiger charge is 2.39. The third kappa shape index (κ3) is 7.37. The van der Waals surface area contributed by atoms with E-state index in [0.717, 1.165) is 84.9 Å². The minimum absolute atomic E-state index is 0.213. The van der Waals surface area contributed by atoms with E-state index in [1.807, 2.05) is 82.6 Å². The summed E-state index contributed by atoms with van der Waals surface area (Å²) in [5.74, 6) is 1.00. The van der Waals surface area contributed by atoms with Crippen molar-refractivity contribution in [1.29, 1.82) is 0 Å². The Morgan fingerprint density at radius 1 is 0.651 bits per heavy atom. The predicted molar refractivity (Wildman–Crippen MR) is 241 cm³/mol. The molecule has 10 rings (SSSR count). The number of hydrogen-bond acceptors (Lipinski definition) is 9. The molecule has 4 N–H and O–H groups in total. The third-order valence-electron chi connectivity index (χ3n) is 12.3. The molecule has 5 heterocycles. The fourth-order valence-corrected chi connectivity index (χ4v) is 10.3. The van der Waals surface area contributed by atoms with Gasteiger partial charge in [0.15, 0.2) is 0 Å². The van der Waals surface area contributed by atoms with Gasteiger partial charge in [-0.3, -0.25) is 9.59 Å². The average molecular weight is 861 g/mol. The Labute approximate surface area is 365 Å². The van der Waals surface area contributed by atoms with Crippen LogP contribution < -0.4 is 10.6 Å². The zero-order chi connectivity index (χ0) is 43.2. The summed E-state index contributed by atoms with van der Waals surface area (Å²) < 4.78 is 10.8. The maximum absolute atomic E-state index is 14.1.